The van der Waals surface area contributed by atoms with Crippen molar-refractivity contribution in [3.05, 3.63) is 60.6 Å². The number of hydrogen-bond donors (Lipinski definition) is 3. The van der Waals surface area contributed by atoms with Gasteiger partial charge in [0, 0.05) is 17.4 Å². The van der Waals surface area contributed by atoms with Crippen LogP contribution in [0.1, 0.15) is 10.5 Å². The summed E-state index contributed by atoms with van der Waals surface area (Å²) in [6, 6.07) is 13.1. The Bertz CT molecular complexity index is 766. The summed E-state index contributed by atoms with van der Waals surface area (Å²) in [4.78, 5) is 16.4. The average molecular weight is 279 g/mol. The molecule has 1 aromatic carbocycles. The van der Waals surface area contributed by atoms with Crippen LogP contribution in [-0.4, -0.2) is 21.1 Å². The van der Waals surface area contributed by atoms with Gasteiger partial charge in [0.05, 0.1) is 17.6 Å². The molecular weight excluding hydrogens is 266 g/mol. The highest BCUT2D eigenvalue weighted by atomic mass is 16.1. The molecule has 2 aromatic heterocycles. The van der Waals surface area contributed by atoms with Gasteiger partial charge < -0.3 is 11.1 Å². The number of pyridine rings is 1. The highest BCUT2D eigenvalue weighted by Gasteiger charge is 2.12. The highest BCUT2D eigenvalue weighted by molar-refractivity contribution is 6.06. The summed E-state index contributed by atoms with van der Waals surface area (Å²) in [6.45, 7) is 0. The van der Waals surface area contributed by atoms with E-state index in [-0.39, 0.29) is 11.6 Å². The Morgan fingerprint density at radius 2 is 2.10 bits per heavy atom. The molecule has 0 atom stereocenters. The van der Waals surface area contributed by atoms with Crippen molar-refractivity contribution in [1.82, 2.24) is 15.2 Å². The molecule has 3 aromatic rings. The number of carbonyl (C=O) groups is 1. The monoisotopic (exact) mass is 279 g/mol. The number of nitrogens with one attached hydrogen (secondary N) is 2. The number of aromatic amines is 1. The molecular formula is C15H13N5O. The summed E-state index contributed by atoms with van der Waals surface area (Å²) in [7, 11) is 0. The van der Waals surface area contributed by atoms with Gasteiger partial charge in [-0.15, -0.1) is 0 Å². The zero-order valence-corrected chi connectivity index (χ0v) is 11.1. The van der Waals surface area contributed by atoms with Crippen molar-refractivity contribution in [3.63, 3.8) is 0 Å². The SMILES string of the molecule is Nc1cn[nH]c1C(=O)Nc1cccc(-c2ccccn2)c1. The van der Waals surface area contributed by atoms with Crippen molar-refractivity contribution >= 4 is 17.3 Å². The lowest BCUT2D eigenvalue weighted by Gasteiger charge is -2.06. The van der Waals surface area contributed by atoms with Crippen LogP contribution in [0.4, 0.5) is 11.4 Å². The van der Waals surface area contributed by atoms with Crippen LogP contribution in [0, 0.1) is 0 Å². The van der Waals surface area contributed by atoms with E-state index < -0.39 is 0 Å². The number of benzene rings is 1. The number of rotatable bonds is 3. The summed E-state index contributed by atoms with van der Waals surface area (Å²) in [6.07, 6.45) is 3.13. The third-order valence-corrected chi connectivity index (χ3v) is 2.98. The quantitative estimate of drug-likeness (QED) is 0.685. The van der Waals surface area contributed by atoms with E-state index in [0.29, 0.717) is 11.4 Å². The van der Waals surface area contributed by atoms with Crippen molar-refractivity contribution < 1.29 is 4.79 Å². The lowest BCUT2D eigenvalue weighted by molar-refractivity contribution is 0.102. The number of H-pyrrole nitrogens is 1. The first-order valence-corrected chi connectivity index (χ1v) is 6.36. The van der Waals surface area contributed by atoms with Crippen molar-refractivity contribution in [2.75, 3.05) is 11.1 Å². The number of aromatic nitrogens is 3. The molecule has 0 aliphatic rings. The largest absolute Gasteiger partial charge is 0.396 e. The van der Waals surface area contributed by atoms with Crippen LogP contribution >= 0.6 is 0 Å². The highest BCUT2D eigenvalue weighted by Crippen LogP contribution is 2.21. The Labute approximate surface area is 121 Å². The first-order valence-electron chi connectivity index (χ1n) is 6.36. The topological polar surface area (TPSA) is 96.7 Å². The molecule has 0 aliphatic heterocycles. The molecule has 0 unspecified atom stereocenters. The van der Waals surface area contributed by atoms with E-state index in [2.05, 4.69) is 20.5 Å². The lowest BCUT2D eigenvalue weighted by Crippen LogP contribution is -2.14. The fourth-order valence-corrected chi connectivity index (χ4v) is 1.96. The molecule has 0 saturated carbocycles. The van der Waals surface area contributed by atoms with Gasteiger partial charge in [0.15, 0.2) is 0 Å². The normalized spacial score (nSPS) is 10.3. The van der Waals surface area contributed by atoms with Crippen LogP contribution < -0.4 is 11.1 Å². The second-order valence-corrected chi connectivity index (χ2v) is 4.45. The minimum Gasteiger partial charge on any atom is -0.396 e. The van der Waals surface area contributed by atoms with Crippen LogP contribution in [0.5, 0.6) is 0 Å². The van der Waals surface area contributed by atoms with Crippen molar-refractivity contribution in [2.24, 2.45) is 0 Å². The van der Waals surface area contributed by atoms with Crippen LogP contribution in [0.15, 0.2) is 54.9 Å². The van der Waals surface area contributed by atoms with Gasteiger partial charge in [-0.25, -0.2) is 0 Å². The Hall–Kier alpha value is -3.15. The van der Waals surface area contributed by atoms with E-state index in [4.69, 9.17) is 5.73 Å². The molecule has 0 radical (unpaired) electrons. The third-order valence-electron chi connectivity index (χ3n) is 2.98. The van der Waals surface area contributed by atoms with E-state index in [1.54, 1.807) is 12.3 Å². The van der Waals surface area contributed by atoms with Crippen molar-refractivity contribution in [2.45, 2.75) is 0 Å². The van der Waals surface area contributed by atoms with Crippen LogP contribution in [0.25, 0.3) is 11.3 Å². The Morgan fingerprint density at radius 1 is 1.19 bits per heavy atom. The van der Waals surface area contributed by atoms with Crippen LogP contribution in [-0.2, 0) is 0 Å². The molecule has 2 heterocycles. The van der Waals surface area contributed by atoms with Gasteiger partial charge in [-0.2, -0.15) is 5.10 Å². The second kappa shape index (κ2) is 5.46. The van der Waals surface area contributed by atoms with Crippen LogP contribution in [0.2, 0.25) is 0 Å². The molecule has 3 rings (SSSR count). The molecule has 4 N–H and O–H groups in total. The summed E-state index contributed by atoms with van der Waals surface area (Å²) in [5.41, 5.74) is 8.64. The van der Waals surface area contributed by atoms with E-state index >= 15 is 0 Å². The predicted molar refractivity (Wildman–Crippen MR) is 80.6 cm³/mol. The molecule has 0 aliphatic carbocycles. The minimum atomic E-state index is -0.330. The molecule has 0 bridgehead atoms. The van der Waals surface area contributed by atoms with Gasteiger partial charge in [0.2, 0.25) is 0 Å². The molecule has 21 heavy (non-hydrogen) atoms. The molecule has 104 valence electrons. The van der Waals surface area contributed by atoms with E-state index in [1.807, 2.05) is 36.4 Å². The van der Waals surface area contributed by atoms with Gasteiger partial charge in [0.25, 0.3) is 5.91 Å². The number of nitrogens with zero attached hydrogens (tertiary/aromatic N) is 2. The average Bonchev–Trinajstić information content (AvgIpc) is 2.95. The molecule has 0 saturated heterocycles. The fraction of sp³-hybridized carbons (Fsp3) is 0. The summed E-state index contributed by atoms with van der Waals surface area (Å²) >= 11 is 0. The lowest BCUT2D eigenvalue weighted by atomic mass is 10.1. The Morgan fingerprint density at radius 3 is 2.81 bits per heavy atom. The number of nitrogen functional groups attached to an aromatic ring is 1. The Balaban J connectivity index is 1.84. The fourth-order valence-electron chi connectivity index (χ4n) is 1.96. The maximum atomic E-state index is 12.1. The summed E-state index contributed by atoms with van der Waals surface area (Å²) in [5.74, 6) is -0.330. The standard InChI is InChI=1S/C15H13N5O/c16-12-9-18-20-14(12)15(21)19-11-5-3-4-10(8-11)13-6-1-2-7-17-13/h1-9H,16H2,(H,18,20)(H,19,21). The summed E-state index contributed by atoms with van der Waals surface area (Å²) in [5, 5.41) is 9.08. The number of carbonyl (C=O) groups excluding carboxylic acids is 1. The van der Waals surface area contributed by atoms with E-state index in [1.165, 1.54) is 6.20 Å². The van der Waals surface area contributed by atoms with E-state index in [9.17, 15) is 4.79 Å². The molecule has 1 amide bonds. The predicted octanol–water partition coefficient (Wildman–Crippen LogP) is 2.31. The van der Waals surface area contributed by atoms with Gasteiger partial charge in [-0.3, -0.25) is 14.9 Å². The van der Waals surface area contributed by atoms with Gasteiger partial charge >= 0.3 is 0 Å². The molecule has 0 fully saturated rings. The number of nitrogens with two attached hydrogens (primary N) is 1. The van der Waals surface area contributed by atoms with Crippen molar-refractivity contribution in [3.8, 4) is 11.3 Å². The van der Waals surface area contributed by atoms with Gasteiger partial charge in [0.1, 0.15) is 5.69 Å². The summed E-state index contributed by atoms with van der Waals surface area (Å²) < 4.78 is 0. The maximum absolute atomic E-state index is 12.1. The molecule has 0 spiro atoms. The number of anilines is 2. The zero-order valence-electron chi connectivity index (χ0n) is 11.1. The van der Waals surface area contributed by atoms with Crippen molar-refractivity contribution in [1.29, 1.82) is 0 Å². The zero-order chi connectivity index (χ0) is 14.7. The minimum absolute atomic E-state index is 0.248. The molecule has 6 heteroatoms. The first kappa shape index (κ1) is 12.9. The second-order valence-electron chi connectivity index (χ2n) is 4.45. The first-order chi connectivity index (χ1) is 10.2. The smallest absolute Gasteiger partial charge is 0.275 e. The van der Waals surface area contributed by atoms with Crippen LogP contribution in [0.3, 0.4) is 0 Å². The number of amides is 1. The maximum Gasteiger partial charge on any atom is 0.275 e. The number of hydrogen-bond acceptors (Lipinski definition) is 4. The van der Waals surface area contributed by atoms with E-state index in [0.717, 1.165) is 11.3 Å². The third kappa shape index (κ3) is 2.74. The Kier molecular flexibility index (Phi) is 3.34. The van der Waals surface area contributed by atoms with Gasteiger partial charge in [-0.05, 0) is 24.3 Å². The van der Waals surface area contributed by atoms with Gasteiger partial charge in [-0.1, -0.05) is 18.2 Å². The molecule has 6 nitrogen and oxygen atoms in total.